The van der Waals surface area contributed by atoms with Crippen molar-refractivity contribution >= 4 is 29.5 Å². The number of ether oxygens (including phenoxy) is 1. The van der Waals surface area contributed by atoms with E-state index in [2.05, 4.69) is 5.16 Å². The number of aromatic nitrogens is 1. The molecule has 140 valence electrons. The van der Waals surface area contributed by atoms with Crippen molar-refractivity contribution in [1.82, 2.24) is 5.16 Å². The van der Waals surface area contributed by atoms with Gasteiger partial charge in [0.05, 0.1) is 11.3 Å². The third-order valence-electron chi connectivity index (χ3n) is 4.19. The van der Waals surface area contributed by atoms with Gasteiger partial charge in [-0.25, -0.2) is 4.79 Å². The summed E-state index contributed by atoms with van der Waals surface area (Å²) in [5.41, 5.74) is 3.50. The zero-order chi connectivity index (χ0) is 19.2. The molecule has 0 unspecified atom stereocenters. The van der Waals surface area contributed by atoms with Crippen molar-refractivity contribution < 1.29 is 14.1 Å². The Bertz CT molecular complexity index is 900. The monoisotopic (exact) mass is 399 g/mol. The first kappa shape index (κ1) is 19.6. The Labute approximate surface area is 167 Å². The summed E-state index contributed by atoms with van der Waals surface area (Å²) in [5.74, 6) is 1.20. The van der Waals surface area contributed by atoms with E-state index in [1.54, 1.807) is 29.6 Å². The van der Waals surface area contributed by atoms with Crippen LogP contribution in [0.3, 0.4) is 0 Å². The van der Waals surface area contributed by atoms with Crippen LogP contribution in [0.2, 0.25) is 0 Å². The topological polar surface area (TPSA) is 52.3 Å². The summed E-state index contributed by atoms with van der Waals surface area (Å²) in [6, 6.07) is 15.5. The van der Waals surface area contributed by atoms with Gasteiger partial charge in [-0.1, -0.05) is 29.4 Å². The standard InChI is InChI=1S/C21H21NO3S2/c1-14-19(15(2)25-22-14)13-27-20-7-5-4-6-18(20)21(23)24-12-16-8-10-17(26-3)11-9-16/h4-11H,12-13H2,1-3H3. The Morgan fingerprint density at radius 2 is 1.85 bits per heavy atom. The van der Waals surface area contributed by atoms with Crippen molar-refractivity contribution in [2.75, 3.05) is 6.26 Å². The molecule has 1 aromatic heterocycles. The van der Waals surface area contributed by atoms with Gasteiger partial charge in [0.2, 0.25) is 0 Å². The molecule has 27 heavy (non-hydrogen) atoms. The summed E-state index contributed by atoms with van der Waals surface area (Å²) in [5, 5.41) is 3.98. The first-order chi connectivity index (χ1) is 13.1. The van der Waals surface area contributed by atoms with Gasteiger partial charge in [0, 0.05) is 21.1 Å². The van der Waals surface area contributed by atoms with Gasteiger partial charge in [-0.2, -0.15) is 0 Å². The predicted molar refractivity (Wildman–Crippen MR) is 109 cm³/mol. The second kappa shape index (κ2) is 9.15. The van der Waals surface area contributed by atoms with Gasteiger partial charge in [0.1, 0.15) is 12.4 Å². The lowest BCUT2D eigenvalue weighted by atomic mass is 10.2. The molecule has 3 aromatic rings. The highest BCUT2D eigenvalue weighted by Gasteiger charge is 2.15. The molecule has 0 saturated heterocycles. The Hall–Kier alpha value is -2.18. The number of rotatable bonds is 7. The van der Waals surface area contributed by atoms with Gasteiger partial charge in [0.25, 0.3) is 0 Å². The van der Waals surface area contributed by atoms with Crippen molar-refractivity contribution in [3.63, 3.8) is 0 Å². The Kier molecular flexibility index (Phi) is 6.63. The summed E-state index contributed by atoms with van der Waals surface area (Å²) in [7, 11) is 0. The van der Waals surface area contributed by atoms with Gasteiger partial charge in [-0.05, 0) is 49.9 Å². The molecule has 0 aliphatic carbocycles. The Morgan fingerprint density at radius 3 is 2.52 bits per heavy atom. The molecular weight excluding hydrogens is 378 g/mol. The summed E-state index contributed by atoms with van der Waals surface area (Å²) in [6.45, 7) is 4.09. The molecule has 6 heteroatoms. The SMILES string of the molecule is CSc1ccc(COC(=O)c2ccccc2SCc2c(C)noc2C)cc1. The number of nitrogens with zero attached hydrogens (tertiary/aromatic N) is 1. The normalized spacial score (nSPS) is 10.8. The van der Waals surface area contributed by atoms with Crippen LogP contribution in [0.4, 0.5) is 0 Å². The molecule has 0 spiro atoms. The van der Waals surface area contributed by atoms with Crippen LogP contribution in [0, 0.1) is 13.8 Å². The van der Waals surface area contributed by atoms with E-state index in [0.717, 1.165) is 27.5 Å². The average molecular weight is 400 g/mol. The zero-order valence-corrected chi connectivity index (χ0v) is 17.2. The van der Waals surface area contributed by atoms with Crippen LogP contribution in [0.15, 0.2) is 62.8 Å². The minimum Gasteiger partial charge on any atom is -0.457 e. The molecule has 0 bridgehead atoms. The summed E-state index contributed by atoms with van der Waals surface area (Å²) < 4.78 is 10.7. The highest BCUT2D eigenvalue weighted by Crippen LogP contribution is 2.29. The summed E-state index contributed by atoms with van der Waals surface area (Å²) in [6.07, 6.45) is 2.03. The molecule has 0 radical (unpaired) electrons. The molecule has 0 saturated carbocycles. The lowest BCUT2D eigenvalue weighted by Gasteiger charge is -2.10. The molecule has 0 fully saturated rings. The number of esters is 1. The van der Waals surface area contributed by atoms with Crippen LogP contribution in [-0.2, 0) is 17.1 Å². The molecule has 0 amide bonds. The molecule has 0 N–H and O–H groups in total. The van der Waals surface area contributed by atoms with Crippen LogP contribution >= 0.6 is 23.5 Å². The van der Waals surface area contributed by atoms with Gasteiger partial charge in [-0.15, -0.1) is 23.5 Å². The quantitative estimate of drug-likeness (QED) is 0.377. The van der Waals surface area contributed by atoms with Gasteiger partial charge < -0.3 is 9.26 Å². The number of aryl methyl sites for hydroxylation is 2. The molecule has 2 aromatic carbocycles. The molecule has 4 nitrogen and oxygen atoms in total. The summed E-state index contributed by atoms with van der Waals surface area (Å²) in [4.78, 5) is 14.7. The van der Waals surface area contributed by atoms with Crippen molar-refractivity contribution in [1.29, 1.82) is 0 Å². The second-order valence-corrected chi connectivity index (χ2v) is 7.91. The fourth-order valence-electron chi connectivity index (χ4n) is 2.57. The first-order valence-electron chi connectivity index (χ1n) is 8.52. The van der Waals surface area contributed by atoms with E-state index in [4.69, 9.17) is 9.26 Å². The minimum atomic E-state index is -0.314. The number of hydrogen-bond acceptors (Lipinski definition) is 6. The number of benzene rings is 2. The minimum absolute atomic E-state index is 0.260. The number of thioether (sulfide) groups is 2. The molecular formula is C21H21NO3S2. The van der Waals surface area contributed by atoms with Crippen LogP contribution in [0.5, 0.6) is 0 Å². The number of carbonyl (C=O) groups is 1. The van der Waals surface area contributed by atoms with Gasteiger partial charge in [-0.3, -0.25) is 0 Å². The lowest BCUT2D eigenvalue weighted by Crippen LogP contribution is -2.06. The summed E-state index contributed by atoms with van der Waals surface area (Å²) >= 11 is 3.27. The van der Waals surface area contributed by atoms with E-state index in [1.807, 2.05) is 62.6 Å². The first-order valence-corrected chi connectivity index (χ1v) is 10.7. The maximum Gasteiger partial charge on any atom is 0.339 e. The number of hydrogen-bond donors (Lipinski definition) is 0. The highest BCUT2D eigenvalue weighted by molar-refractivity contribution is 7.98. The second-order valence-electron chi connectivity index (χ2n) is 6.01. The van der Waals surface area contributed by atoms with Crippen molar-refractivity contribution in [3.05, 3.63) is 76.7 Å². The third-order valence-corrected chi connectivity index (χ3v) is 6.03. The molecule has 0 atom stereocenters. The largest absolute Gasteiger partial charge is 0.457 e. The smallest absolute Gasteiger partial charge is 0.339 e. The van der Waals surface area contributed by atoms with E-state index in [1.165, 1.54) is 4.90 Å². The maximum atomic E-state index is 12.6. The fourth-order valence-corrected chi connectivity index (χ4v) is 4.17. The highest BCUT2D eigenvalue weighted by atomic mass is 32.2. The van der Waals surface area contributed by atoms with E-state index in [9.17, 15) is 4.79 Å². The van der Waals surface area contributed by atoms with E-state index >= 15 is 0 Å². The molecule has 0 aliphatic heterocycles. The van der Waals surface area contributed by atoms with E-state index < -0.39 is 0 Å². The predicted octanol–water partition coefficient (Wildman–Crippen LogP) is 5.66. The van der Waals surface area contributed by atoms with E-state index in [0.29, 0.717) is 11.3 Å². The van der Waals surface area contributed by atoms with Crippen LogP contribution < -0.4 is 0 Å². The van der Waals surface area contributed by atoms with Crippen molar-refractivity contribution in [3.8, 4) is 0 Å². The maximum absolute atomic E-state index is 12.6. The molecule has 0 aliphatic rings. The van der Waals surface area contributed by atoms with Crippen molar-refractivity contribution in [2.45, 2.75) is 36.0 Å². The van der Waals surface area contributed by atoms with Gasteiger partial charge in [0.15, 0.2) is 0 Å². The van der Waals surface area contributed by atoms with Crippen LogP contribution in [-0.4, -0.2) is 17.4 Å². The van der Waals surface area contributed by atoms with Gasteiger partial charge >= 0.3 is 5.97 Å². The number of carbonyl (C=O) groups excluding carboxylic acids is 1. The molecule has 3 rings (SSSR count). The third kappa shape index (κ3) is 4.96. The molecule has 1 heterocycles. The average Bonchev–Trinajstić information content (AvgIpc) is 3.02. The zero-order valence-electron chi connectivity index (χ0n) is 15.5. The van der Waals surface area contributed by atoms with Crippen LogP contribution in [0.1, 0.15) is 32.9 Å². The fraction of sp³-hybridized carbons (Fsp3) is 0.238. The Balaban J connectivity index is 1.66. The van der Waals surface area contributed by atoms with Crippen LogP contribution in [0.25, 0.3) is 0 Å². The Morgan fingerprint density at radius 1 is 1.11 bits per heavy atom. The lowest BCUT2D eigenvalue weighted by molar-refractivity contribution is 0.0468. The van der Waals surface area contributed by atoms with E-state index in [-0.39, 0.29) is 12.6 Å². The van der Waals surface area contributed by atoms with Crippen molar-refractivity contribution in [2.24, 2.45) is 0 Å².